The molecule has 0 bridgehead atoms. The highest BCUT2D eigenvalue weighted by atomic mass is 32.2. The van der Waals surface area contributed by atoms with E-state index in [9.17, 15) is 58.8 Å². The molecule has 3 aromatic heterocycles. The number of carboxylic acids is 2. The summed E-state index contributed by atoms with van der Waals surface area (Å²) >= 11 is 2.07. The normalized spacial score (nSPS) is 25.1. The van der Waals surface area contributed by atoms with Gasteiger partial charge in [-0.3, -0.25) is 86.3 Å². The Kier molecular flexibility index (Phi) is 39.7. The van der Waals surface area contributed by atoms with Gasteiger partial charge in [-0.15, -0.1) is 23.1 Å². The van der Waals surface area contributed by atoms with Crippen molar-refractivity contribution in [2.45, 2.75) is 246 Å². The maximum Gasteiger partial charge on any atom is 0.305 e. The van der Waals surface area contributed by atoms with Crippen molar-refractivity contribution in [1.82, 2.24) is 87.3 Å². The highest BCUT2D eigenvalue weighted by molar-refractivity contribution is 8.00. The first kappa shape index (κ1) is 106. The number of primary amides is 1. The minimum Gasteiger partial charge on any atom is -0.508 e. The number of unbranched alkanes of at least 4 members (excludes halogenated alkanes) is 2. The third-order valence-electron chi connectivity index (χ3n) is 25.2. The summed E-state index contributed by atoms with van der Waals surface area (Å²) in [5.74, 6) is -20.7. The lowest BCUT2D eigenvalue weighted by Crippen LogP contribution is -2.61. The van der Waals surface area contributed by atoms with Crippen molar-refractivity contribution in [1.29, 1.82) is 0 Å². The third-order valence-corrected chi connectivity index (χ3v) is 27.2. The Hall–Kier alpha value is -12.9. The number of hydrogen-bond donors (Lipinski definition) is 18. The molecule has 42 nitrogen and oxygen atoms in total. The second kappa shape index (κ2) is 51.3. The first-order valence-electron chi connectivity index (χ1n) is 46.4. The number of para-hydroxylation sites is 1. The molecule has 21 N–H and O–H groups in total. The molecule has 3 aromatic carbocycles. The van der Waals surface area contributed by atoms with Crippen LogP contribution in [0.4, 0.5) is 0 Å². The van der Waals surface area contributed by atoms with Crippen LogP contribution in [0.25, 0.3) is 21.0 Å². The number of nitrogens with one attached hydrogen (secondary N) is 11. The Morgan fingerprint density at radius 2 is 1.10 bits per heavy atom. The number of hydrogen-bond acceptors (Lipinski definition) is 25. The van der Waals surface area contributed by atoms with E-state index in [4.69, 9.17) is 17.2 Å². The number of likely N-dealkylation sites (N-methyl/N-ethyl adjacent to an activating group) is 2. The fourth-order valence-electron chi connectivity index (χ4n) is 17.8. The number of thioether (sulfide) groups is 1. The third kappa shape index (κ3) is 29.3. The van der Waals surface area contributed by atoms with Gasteiger partial charge < -0.3 is 120 Å². The van der Waals surface area contributed by atoms with Gasteiger partial charge in [-0.1, -0.05) is 88.1 Å². The number of aromatic nitrogens is 3. The number of ketones is 1. The minimum absolute atomic E-state index is 0.0150. The van der Waals surface area contributed by atoms with E-state index in [0.29, 0.717) is 71.5 Å². The van der Waals surface area contributed by atoms with E-state index in [2.05, 4.69) is 62.8 Å². The topological polar surface area (TPSA) is 635 Å². The van der Waals surface area contributed by atoms with Gasteiger partial charge in [0.05, 0.1) is 49.3 Å². The number of amides is 15. The molecule has 0 aliphatic carbocycles. The molecule has 15 atom stereocenters. The summed E-state index contributed by atoms with van der Waals surface area (Å²) in [5.41, 5.74) is 20.1. The zero-order valence-electron chi connectivity index (χ0n) is 77.2. The second-order valence-electron chi connectivity index (χ2n) is 35.2. The molecule has 137 heavy (non-hydrogen) atoms. The molecule has 7 heterocycles. The molecule has 4 fully saturated rings. The number of aliphatic carboxylic acids is 2. The van der Waals surface area contributed by atoms with Crippen molar-refractivity contribution in [3.05, 3.63) is 119 Å². The molecule has 15 amide bonds. The largest absolute Gasteiger partial charge is 0.508 e. The monoisotopic (exact) mass is 1940 g/mol. The first-order valence-corrected chi connectivity index (χ1v) is 48.4. The molecular weight excluding hydrogens is 1810 g/mol. The lowest BCUT2D eigenvalue weighted by molar-refractivity contribution is -0.150. The predicted molar refractivity (Wildman–Crippen MR) is 503 cm³/mol. The van der Waals surface area contributed by atoms with Crippen LogP contribution in [0, 0.1) is 5.92 Å². The smallest absolute Gasteiger partial charge is 0.305 e. The second-order valence-corrected chi connectivity index (χ2v) is 37.1. The van der Waals surface area contributed by atoms with Gasteiger partial charge in [0.1, 0.15) is 78.3 Å². The quantitative estimate of drug-likeness (QED) is 0.0314. The van der Waals surface area contributed by atoms with Crippen LogP contribution in [-0.2, 0) is 112 Å². The number of carbonyl (C=O) groups excluding carboxylic acids is 16. The number of aliphatic hydroxyl groups is 1. The van der Waals surface area contributed by atoms with Crippen LogP contribution in [0.2, 0.25) is 0 Å². The van der Waals surface area contributed by atoms with E-state index in [1.165, 1.54) is 67.1 Å². The molecule has 44 heteroatoms. The van der Waals surface area contributed by atoms with Crippen LogP contribution in [0.15, 0.2) is 96.9 Å². The highest BCUT2D eigenvalue weighted by Crippen LogP contribution is 2.32. The van der Waals surface area contributed by atoms with Crippen LogP contribution in [0.1, 0.15) is 158 Å². The Labute approximate surface area is 799 Å². The fourth-order valence-corrected chi connectivity index (χ4v) is 19.6. The van der Waals surface area contributed by atoms with Crippen molar-refractivity contribution in [3.8, 4) is 5.75 Å². The molecule has 0 radical (unpaired) electrons. The molecule has 742 valence electrons. The lowest BCUT2D eigenvalue weighted by Gasteiger charge is -2.38. The SMILES string of the molecule is CCCC[C@H]1C(=O)N(C)[C@@H](CCCC)C(=O)N[C@@H](CC(=O)O)C(=O)N[C@H](C(=O)NCC(N)=O)CSCC(=O)N[C@@H](Cc2ccc(O)cc2)C(=O)N2CCCCC2C(=O)N[C@@H](CC(=O)O)C(=O)N2CCC[C@H]2C(=O)N[C@@H](Cc2c[nH]cn2)C(=O)N[C@@H](CCCN)C(=O)N2C[C@H](O)C[C@H]2C(=O)N[C@@H](Cc2c[nH]c3ccccc23)C(=O)C[C@@H](CCCN)C(=O)N[C@@H](Cc2csc3ccccc23)C(=O)N1C. The number of nitrogens with two attached hydrogens (primary N) is 3. The number of imidazole rings is 1. The maximum atomic E-state index is 15.9. The van der Waals surface area contributed by atoms with E-state index in [-0.39, 0.29) is 134 Å². The van der Waals surface area contributed by atoms with Crippen molar-refractivity contribution >= 4 is 150 Å². The van der Waals surface area contributed by atoms with Crippen molar-refractivity contribution in [2.75, 3.05) is 64.9 Å². The van der Waals surface area contributed by atoms with E-state index in [0.717, 1.165) is 29.7 Å². The van der Waals surface area contributed by atoms with Crippen LogP contribution >= 0.6 is 23.1 Å². The number of rotatable bonds is 27. The van der Waals surface area contributed by atoms with Crippen molar-refractivity contribution < 1.29 is 107 Å². The Balaban J connectivity index is 1.03. The number of H-pyrrole nitrogens is 2. The molecule has 4 aliphatic rings. The molecule has 0 saturated carbocycles. The number of aromatic hydroxyl groups is 1. The Morgan fingerprint density at radius 1 is 0.533 bits per heavy atom. The number of fused-ring (bicyclic) bond motifs is 5. The van der Waals surface area contributed by atoms with Crippen molar-refractivity contribution in [3.63, 3.8) is 0 Å². The Morgan fingerprint density at radius 3 is 1.77 bits per heavy atom. The fraction of sp³-hybridized carbons (Fsp3) is 0.538. The van der Waals surface area contributed by atoms with E-state index in [1.54, 1.807) is 43.5 Å². The van der Waals surface area contributed by atoms with Crippen LogP contribution in [-0.4, -0.2) is 316 Å². The molecule has 10 rings (SSSR count). The summed E-state index contributed by atoms with van der Waals surface area (Å²) in [6.45, 7) is 2.14. The number of aromatic amines is 2. The maximum absolute atomic E-state index is 15.9. The zero-order chi connectivity index (χ0) is 99.3. The molecular formula is C93H126N20O22S2. The van der Waals surface area contributed by atoms with Gasteiger partial charge >= 0.3 is 11.9 Å². The molecule has 1 unspecified atom stereocenters. The number of piperidine rings is 1. The van der Waals surface area contributed by atoms with E-state index in [1.807, 2.05) is 30.5 Å². The number of carboxylic acid groups (broad SMARTS) is 2. The molecule has 0 spiro atoms. The number of Topliss-reactive ketones (excluding diaryl/α,β-unsaturated/α-hetero) is 1. The summed E-state index contributed by atoms with van der Waals surface area (Å²) in [6, 6.07) is -0.525. The summed E-state index contributed by atoms with van der Waals surface area (Å²) in [5, 5.41) is 69.4. The standard InChI is InChI=1S/C93H126N20O22S2/c1-5-7-23-70-85(127)105-65(42-79(119)120)84(126)108-69(82(124)99-46-77(96)117)49-136-50-78(118)101-66(36-52-28-30-57(114)31-29-52)91(133)111-34-14-13-25-71(111)87(129)107-68(43-80(121)122)92(134)112-35-17-26-72(112)86(128)104-64(40-56-45-97-51-100-56)83(125)102-62(22-16-33-95)90(132)113-47-58(115)41-74(113)88(130)103-63(37-54-44-98-61-21-11-9-19-59(54)61)75(116)39-53(18-15-32-94)81(123)106-67(38-55-48-137-76-27-12-10-20-60(55)76)89(131)110(4)73(24-8-6-2)93(135)109(70)3/h9-12,19-21,27-31,44-45,48,51,53,58,62-74,98,114-115H,5-8,13-18,22-26,32-43,46-47,49-50,94-95H2,1-4H3,(H2,96,117)(H,97,100)(H,99,124)(H,101,118)(H,102,125)(H,103,130)(H,104,128)(H,105,127)(H,106,123)(H,107,129)(H,108,126)(H,119,120)(H,121,122)/t53-,58-,62+,63+,64+,65+,66+,67+,68+,69+,70+,71?,72+,73+,74+/m1/s1. The van der Waals surface area contributed by atoms with Gasteiger partial charge in [0, 0.05) is 112 Å². The van der Waals surface area contributed by atoms with Gasteiger partial charge in [0.25, 0.3) is 0 Å². The van der Waals surface area contributed by atoms with Crippen LogP contribution in [0.5, 0.6) is 5.75 Å². The predicted octanol–water partition coefficient (Wildman–Crippen LogP) is -0.321. The molecule has 4 aliphatic heterocycles. The van der Waals surface area contributed by atoms with Gasteiger partial charge in [-0.25, -0.2) is 4.98 Å². The number of thiophene rings is 1. The summed E-state index contributed by atoms with van der Waals surface area (Å²) in [4.78, 5) is 281. The minimum atomic E-state index is -2.01. The van der Waals surface area contributed by atoms with Crippen LogP contribution < -0.4 is 65.1 Å². The molecule has 6 aromatic rings. The van der Waals surface area contributed by atoms with Gasteiger partial charge in [0.2, 0.25) is 88.6 Å². The van der Waals surface area contributed by atoms with Crippen molar-refractivity contribution in [2.24, 2.45) is 23.1 Å². The summed E-state index contributed by atoms with van der Waals surface area (Å²) < 4.78 is 0.831. The number of benzene rings is 3. The van der Waals surface area contributed by atoms with Gasteiger partial charge in [0.15, 0.2) is 5.78 Å². The molecule has 4 saturated heterocycles. The average molecular weight is 1940 g/mol. The number of carbonyl (C=O) groups is 18. The van der Waals surface area contributed by atoms with E-state index < -0.39 is 241 Å². The van der Waals surface area contributed by atoms with Gasteiger partial charge in [-0.2, -0.15) is 0 Å². The zero-order valence-corrected chi connectivity index (χ0v) is 78.8. The van der Waals surface area contributed by atoms with E-state index >= 15 is 47.9 Å². The average Bonchev–Trinajstić information content (AvgIpc) is 1.24. The van der Waals surface area contributed by atoms with Crippen LogP contribution in [0.3, 0.4) is 0 Å². The summed E-state index contributed by atoms with van der Waals surface area (Å²) in [7, 11) is 2.66. The van der Waals surface area contributed by atoms with Gasteiger partial charge in [-0.05, 0) is 135 Å². The number of phenolic OH excluding ortho intramolecular Hbond substituents is 1. The first-order chi connectivity index (χ1) is 65.6. The number of aliphatic hydroxyl groups excluding tert-OH is 1. The highest BCUT2D eigenvalue weighted by Gasteiger charge is 2.48. The number of phenols is 1. The Bertz CT molecular complexity index is 5290. The summed E-state index contributed by atoms with van der Waals surface area (Å²) in [6.07, 6.45) is 1.06. The number of nitrogens with zero attached hydrogens (tertiary/aromatic N) is 6. The lowest BCUT2D eigenvalue weighted by atomic mass is 9.90.